The molecule has 94 valence electrons. The van der Waals surface area contributed by atoms with Crippen molar-refractivity contribution < 1.29 is 9.13 Å². The smallest absolute Gasteiger partial charge is 0.147 e. The van der Waals surface area contributed by atoms with Gasteiger partial charge in [0.05, 0.1) is 13.3 Å². The minimum Gasteiger partial charge on any atom is -0.494 e. The summed E-state index contributed by atoms with van der Waals surface area (Å²) in [5, 5.41) is 8.86. The van der Waals surface area contributed by atoms with E-state index in [1.54, 1.807) is 25.4 Å². The first kappa shape index (κ1) is 11.6. The van der Waals surface area contributed by atoms with Crippen LogP contribution in [0.3, 0.4) is 0 Å². The average Bonchev–Trinajstić information content (AvgIpc) is 2.47. The first-order valence-corrected chi connectivity index (χ1v) is 5.83. The van der Waals surface area contributed by atoms with Gasteiger partial charge in [0.2, 0.25) is 0 Å². The van der Waals surface area contributed by atoms with Crippen molar-refractivity contribution in [3.8, 4) is 16.9 Å². The zero-order valence-electron chi connectivity index (χ0n) is 10.3. The van der Waals surface area contributed by atoms with Crippen LogP contribution in [0.4, 0.5) is 4.39 Å². The van der Waals surface area contributed by atoms with Crippen molar-refractivity contribution in [3.63, 3.8) is 0 Å². The number of ether oxygens (including phenoxy) is 1. The van der Waals surface area contributed by atoms with Crippen LogP contribution in [0.2, 0.25) is 0 Å². The molecule has 2 aromatic carbocycles. The number of aromatic nitrogens is 2. The van der Waals surface area contributed by atoms with Crippen LogP contribution in [0.25, 0.3) is 22.0 Å². The van der Waals surface area contributed by atoms with Crippen molar-refractivity contribution in [2.45, 2.75) is 0 Å². The Morgan fingerprint density at radius 2 is 1.79 bits per heavy atom. The van der Waals surface area contributed by atoms with Crippen molar-refractivity contribution in [2.75, 3.05) is 7.11 Å². The Labute approximate surface area is 109 Å². The molecule has 19 heavy (non-hydrogen) atoms. The molecule has 3 rings (SSSR count). The van der Waals surface area contributed by atoms with E-state index in [-0.39, 0.29) is 5.82 Å². The van der Waals surface area contributed by atoms with Crippen molar-refractivity contribution in [2.24, 2.45) is 0 Å². The Hall–Kier alpha value is -2.49. The first-order chi connectivity index (χ1) is 9.28. The molecule has 0 N–H and O–H groups in total. The van der Waals surface area contributed by atoms with E-state index in [9.17, 15) is 4.39 Å². The Morgan fingerprint density at radius 3 is 2.53 bits per heavy atom. The lowest BCUT2D eigenvalue weighted by Gasteiger charge is -2.08. The summed E-state index contributed by atoms with van der Waals surface area (Å²) in [4.78, 5) is 0. The molecule has 0 spiro atoms. The van der Waals surface area contributed by atoms with Crippen LogP contribution < -0.4 is 4.74 Å². The fourth-order valence-corrected chi connectivity index (χ4v) is 2.03. The number of hydrogen-bond acceptors (Lipinski definition) is 3. The van der Waals surface area contributed by atoms with Crippen molar-refractivity contribution >= 4 is 10.9 Å². The summed E-state index contributed by atoms with van der Waals surface area (Å²) >= 11 is 0. The Kier molecular flexibility index (Phi) is 2.83. The molecule has 0 aliphatic carbocycles. The summed E-state index contributed by atoms with van der Waals surface area (Å²) in [6.45, 7) is 0. The third kappa shape index (κ3) is 2.12. The monoisotopic (exact) mass is 254 g/mol. The summed E-state index contributed by atoms with van der Waals surface area (Å²) in [5.41, 5.74) is 2.60. The zero-order valence-corrected chi connectivity index (χ0v) is 10.3. The minimum absolute atomic E-state index is 0.248. The number of methoxy groups -OCH3 is 1. The predicted molar refractivity (Wildman–Crippen MR) is 71.5 cm³/mol. The number of benzene rings is 2. The lowest BCUT2D eigenvalue weighted by molar-refractivity contribution is 0.418. The van der Waals surface area contributed by atoms with Gasteiger partial charge in [0.15, 0.2) is 0 Å². The molecule has 1 heterocycles. The van der Waals surface area contributed by atoms with E-state index in [0.29, 0.717) is 5.75 Å². The molecule has 0 amide bonds. The highest BCUT2D eigenvalue weighted by Gasteiger charge is 2.07. The topological polar surface area (TPSA) is 35.0 Å². The van der Waals surface area contributed by atoms with Crippen LogP contribution in [-0.4, -0.2) is 17.3 Å². The van der Waals surface area contributed by atoms with Crippen LogP contribution in [0.1, 0.15) is 0 Å². The van der Waals surface area contributed by atoms with Gasteiger partial charge in [-0.05, 0) is 41.5 Å². The normalized spacial score (nSPS) is 10.6. The number of rotatable bonds is 2. The summed E-state index contributed by atoms with van der Waals surface area (Å²) in [5.74, 6) is 0.410. The maximum absolute atomic E-state index is 13.0. The second-order valence-electron chi connectivity index (χ2n) is 4.15. The van der Waals surface area contributed by atoms with E-state index >= 15 is 0 Å². The van der Waals surface area contributed by atoms with Gasteiger partial charge in [-0.25, -0.2) is 4.39 Å². The fourth-order valence-electron chi connectivity index (χ4n) is 2.03. The predicted octanol–water partition coefficient (Wildman–Crippen LogP) is 3.44. The summed E-state index contributed by atoms with van der Waals surface area (Å²) in [6, 6.07) is 12.1. The number of hydrogen-bond donors (Lipinski definition) is 0. The van der Waals surface area contributed by atoms with Crippen LogP contribution >= 0.6 is 0 Å². The Balaban J connectivity index is 2.22. The quantitative estimate of drug-likeness (QED) is 0.702. The van der Waals surface area contributed by atoms with Crippen molar-refractivity contribution in [1.29, 1.82) is 0 Å². The SMILES string of the molecule is COc1cc(-c2ccc(F)cc2)cc2ccnnc12. The van der Waals surface area contributed by atoms with Gasteiger partial charge in [-0.1, -0.05) is 12.1 Å². The fraction of sp³-hybridized carbons (Fsp3) is 0.0667. The highest BCUT2D eigenvalue weighted by molar-refractivity contribution is 5.89. The van der Waals surface area contributed by atoms with Crippen LogP contribution in [-0.2, 0) is 0 Å². The molecule has 0 atom stereocenters. The second-order valence-corrected chi connectivity index (χ2v) is 4.15. The van der Waals surface area contributed by atoms with Crippen LogP contribution in [0.15, 0.2) is 48.7 Å². The van der Waals surface area contributed by atoms with Gasteiger partial charge in [0, 0.05) is 5.39 Å². The molecule has 4 heteroatoms. The summed E-state index contributed by atoms with van der Waals surface area (Å²) in [6.07, 6.45) is 1.64. The maximum atomic E-state index is 13.0. The third-order valence-electron chi connectivity index (χ3n) is 2.98. The zero-order chi connectivity index (χ0) is 13.2. The van der Waals surface area contributed by atoms with Gasteiger partial charge >= 0.3 is 0 Å². The molecule has 0 bridgehead atoms. The van der Waals surface area contributed by atoms with Gasteiger partial charge in [0.1, 0.15) is 17.1 Å². The molecule has 3 nitrogen and oxygen atoms in total. The van der Waals surface area contributed by atoms with E-state index in [0.717, 1.165) is 22.0 Å². The van der Waals surface area contributed by atoms with E-state index < -0.39 is 0 Å². The molecule has 0 aliphatic heterocycles. The molecule has 0 radical (unpaired) electrons. The molecule has 0 unspecified atom stereocenters. The molecule has 0 fully saturated rings. The van der Waals surface area contributed by atoms with E-state index in [1.165, 1.54) is 12.1 Å². The standard InChI is InChI=1S/C15H11FN2O/c1-19-14-9-12(10-2-4-13(16)5-3-10)8-11-6-7-17-18-15(11)14/h2-9H,1H3. The number of nitrogens with zero attached hydrogens (tertiary/aromatic N) is 2. The largest absolute Gasteiger partial charge is 0.494 e. The molecule has 0 aliphatic rings. The molecular weight excluding hydrogens is 243 g/mol. The van der Waals surface area contributed by atoms with Crippen molar-refractivity contribution in [1.82, 2.24) is 10.2 Å². The first-order valence-electron chi connectivity index (χ1n) is 5.83. The lowest BCUT2D eigenvalue weighted by Crippen LogP contribution is -1.91. The third-order valence-corrected chi connectivity index (χ3v) is 2.98. The van der Waals surface area contributed by atoms with Crippen LogP contribution in [0, 0.1) is 5.82 Å². The van der Waals surface area contributed by atoms with E-state index in [2.05, 4.69) is 10.2 Å². The lowest BCUT2D eigenvalue weighted by atomic mass is 10.0. The minimum atomic E-state index is -0.248. The van der Waals surface area contributed by atoms with E-state index in [4.69, 9.17) is 4.74 Å². The maximum Gasteiger partial charge on any atom is 0.147 e. The number of fused-ring (bicyclic) bond motifs is 1. The Bertz CT molecular complexity index is 726. The van der Waals surface area contributed by atoms with Crippen LogP contribution in [0.5, 0.6) is 5.75 Å². The van der Waals surface area contributed by atoms with E-state index in [1.807, 2.05) is 18.2 Å². The number of halogens is 1. The Morgan fingerprint density at radius 1 is 1.00 bits per heavy atom. The highest BCUT2D eigenvalue weighted by Crippen LogP contribution is 2.30. The van der Waals surface area contributed by atoms with Gasteiger partial charge in [-0.2, -0.15) is 5.10 Å². The summed E-state index contributed by atoms with van der Waals surface area (Å²) in [7, 11) is 1.60. The molecule has 0 saturated carbocycles. The van der Waals surface area contributed by atoms with Crippen molar-refractivity contribution in [3.05, 3.63) is 54.5 Å². The molecule has 1 aromatic heterocycles. The highest BCUT2D eigenvalue weighted by atomic mass is 19.1. The second kappa shape index (κ2) is 4.65. The van der Waals surface area contributed by atoms with Gasteiger partial charge in [0.25, 0.3) is 0 Å². The van der Waals surface area contributed by atoms with Gasteiger partial charge in [-0.15, -0.1) is 5.10 Å². The average molecular weight is 254 g/mol. The molecule has 0 saturated heterocycles. The van der Waals surface area contributed by atoms with Gasteiger partial charge in [-0.3, -0.25) is 0 Å². The molecule has 3 aromatic rings. The van der Waals surface area contributed by atoms with Gasteiger partial charge < -0.3 is 4.74 Å². The molecular formula is C15H11FN2O. The summed E-state index contributed by atoms with van der Waals surface area (Å²) < 4.78 is 18.3.